The van der Waals surface area contributed by atoms with E-state index in [0.29, 0.717) is 24.0 Å². The van der Waals surface area contributed by atoms with Crippen LogP contribution in [0.2, 0.25) is 0 Å². The van der Waals surface area contributed by atoms with Crippen molar-refractivity contribution in [1.82, 2.24) is 0 Å². The van der Waals surface area contributed by atoms with Crippen LogP contribution in [0.5, 0.6) is 0 Å². The third kappa shape index (κ3) is 3.22. The summed E-state index contributed by atoms with van der Waals surface area (Å²) in [6, 6.07) is 0. The Morgan fingerprint density at radius 2 is 2.07 bits per heavy atom. The van der Waals surface area contributed by atoms with E-state index in [1.54, 1.807) is 19.9 Å². The topological polar surface area (TPSA) is 102 Å². The van der Waals surface area contributed by atoms with Crippen LogP contribution in [0.15, 0.2) is 23.8 Å². The van der Waals surface area contributed by atoms with Gasteiger partial charge >= 0.3 is 11.9 Å². The van der Waals surface area contributed by atoms with Gasteiger partial charge in [0.2, 0.25) is 0 Å². The lowest BCUT2D eigenvalue weighted by molar-refractivity contribution is -0.341. The number of aliphatic hydroxyl groups excluding tert-OH is 2. The van der Waals surface area contributed by atoms with Gasteiger partial charge in [-0.25, -0.2) is 9.59 Å². The SMILES string of the molecule is C=C1C(=O)O[C@@H]2C[C@@H](C)[C@@H]3[C@@H](OC(=O)/C(C)=C/C)[C@H](O)O[C@@H](O)[C@@]3(C)C[C@@H]12. The average Bonchev–Trinajstić information content (AvgIpc) is 2.79. The number of allylic oxidation sites excluding steroid dienone is 1. The van der Waals surface area contributed by atoms with Gasteiger partial charge in [0.15, 0.2) is 18.7 Å². The summed E-state index contributed by atoms with van der Waals surface area (Å²) in [5.74, 6) is -1.65. The van der Waals surface area contributed by atoms with E-state index in [0.717, 1.165) is 0 Å². The van der Waals surface area contributed by atoms with Gasteiger partial charge in [0.25, 0.3) is 0 Å². The Hall–Kier alpha value is -1.70. The van der Waals surface area contributed by atoms with Crippen molar-refractivity contribution < 1.29 is 34.0 Å². The lowest BCUT2D eigenvalue weighted by Crippen LogP contribution is -2.59. The third-order valence-electron chi connectivity index (χ3n) is 6.52. The van der Waals surface area contributed by atoms with E-state index in [9.17, 15) is 19.8 Å². The summed E-state index contributed by atoms with van der Waals surface area (Å²) < 4.78 is 16.4. The molecule has 1 aliphatic carbocycles. The molecule has 1 saturated carbocycles. The smallest absolute Gasteiger partial charge is 0.334 e. The van der Waals surface area contributed by atoms with E-state index in [-0.39, 0.29) is 23.9 Å². The summed E-state index contributed by atoms with van der Waals surface area (Å²) in [7, 11) is 0. The average molecular weight is 380 g/mol. The molecule has 0 spiro atoms. The molecule has 0 aromatic heterocycles. The standard InChI is InChI=1S/C20H28O7/c1-6-9(2)16(21)26-15-14-10(3)7-13-12(11(4)17(22)25-13)8-20(14,5)19(24)27-18(15)23/h6,10,12-15,18-19,23-24H,4,7-8H2,1-3,5H3/b9-6+/t10-,12+,13-,14-,15-,18-,19-,20+/m1/s1. The molecule has 150 valence electrons. The first kappa shape index (κ1) is 20.0. The highest BCUT2D eigenvalue weighted by Crippen LogP contribution is 2.55. The molecule has 0 bridgehead atoms. The molecule has 0 radical (unpaired) electrons. The molecule has 0 aromatic rings. The summed E-state index contributed by atoms with van der Waals surface area (Å²) in [6.45, 7) is 11.0. The molecule has 2 saturated heterocycles. The molecule has 0 unspecified atom stereocenters. The van der Waals surface area contributed by atoms with Crippen LogP contribution in [0.4, 0.5) is 0 Å². The molecule has 3 fully saturated rings. The van der Waals surface area contributed by atoms with E-state index in [2.05, 4.69) is 6.58 Å². The van der Waals surface area contributed by atoms with Crippen molar-refractivity contribution in [3.8, 4) is 0 Å². The summed E-state index contributed by atoms with van der Waals surface area (Å²) >= 11 is 0. The number of ether oxygens (including phenoxy) is 3. The van der Waals surface area contributed by atoms with Crippen molar-refractivity contribution in [3.63, 3.8) is 0 Å². The fourth-order valence-electron chi connectivity index (χ4n) is 4.88. The number of aliphatic hydroxyl groups is 2. The lowest BCUT2D eigenvalue weighted by Gasteiger charge is -2.51. The molecule has 8 atom stereocenters. The molecule has 2 aliphatic heterocycles. The maximum absolute atomic E-state index is 12.3. The fraction of sp³-hybridized carbons (Fsp3) is 0.700. The number of rotatable bonds is 2. The number of hydrogen-bond donors (Lipinski definition) is 2. The van der Waals surface area contributed by atoms with E-state index >= 15 is 0 Å². The summed E-state index contributed by atoms with van der Waals surface area (Å²) in [4.78, 5) is 24.3. The minimum atomic E-state index is -1.43. The molecule has 27 heavy (non-hydrogen) atoms. The maximum Gasteiger partial charge on any atom is 0.334 e. The third-order valence-corrected chi connectivity index (χ3v) is 6.52. The Kier molecular flexibility index (Phi) is 5.22. The van der Waals surface area contributed by atoms with Crippen molar-refractivity contribution in [2.75, 3.05) is 0 Å². The van der Waals surface area contributed by atoms with Gasteiger partial charge in [-0.15, -0.1) is 0 Å². The molecule has 3 aliphatic rings. The van der Waals surface area contributed by atoms with Crippen LogP contribution in [0.25, 0.3) is 0 Å². The molecular formula is C20H28O7. The molecular weight excluding hydrogens is 352 g/mol. The van der Waals surface area contributed by atoms with E-state index in [4.69, 9.17) is 14.2 Å². The number of carbonyl (C=O) groups excluding carboxylic acids is 2. The predicted octanol–water partition coefficient (Wildman–Crippen LogP) is 1.68. The molecule has 0 amide bonds. The van der Waals surface area contributed by atoms with Gasteiger partial charge in [-0.2, -0.15) is 0 Å². The molecule has 7 nitrogen and oxygen atoms in total. The monoisotopic (exact) mass is 380 g/mol. The van der Waals surface area contributed by atoms with Gasteiger partial charge in [0.1, 0.15) is 6.10 Å². The van der Waals surface area contributed by atoms with Crippen LogP contribution in [0, 0.1) is 23.2 Å². The van der Waals surface area contributed by atoms with Gasteiger partial charge in [0.05, 0.1) is 0 Å². The Morgan fingerprint density at radius 3 is 2.70 bits per heavy atom. The zero-order valence-electron chi connectivity index (χ0n) is 16.2. The number of fused-ring (bicyclic) bond motifs is 2. The van der Waals surface area contributed by atoms with Gasteiger partial charge in [-0.1, -0.05) is 26.5 Å². The van der Waals surface area contributed by atoms with E-state index < -0.39 is 36.0 Å². The first-order valence-corrected chi connectivity index (χ1v) is 9.35. The second-order valence-electron chi connectivity index (χ2n) is 8.24. The number of hydrogen-bond acceptors (Lipinski definition) is 7. The van der Waals surface area contributed by atoms with Crippen LogP contribution in [-0.4, -0.2) is 46.9 Å². The summed E-state index contributed by atoms with van der Waals surface area (Å²) in [5.41, 5.74) is -0.0230. The van der Waals surface area contributed by atoms with Crippen LogP contribution >= 0.6 is 0 Å². The highest BCUT2D eigenvalue weighted by molar-refractivity contribution is 5.90. The molecule has 7 heteroatoms. The largest absolute Gasteiger partial charge is 0.458 e. The van der Waals surface area contributed by atoms with Crippen LogP contribution < -0.4 is 0 Å². The zero-order chi connectivity index (χ0) is 20.1. The predicted molar refractivity (Wildman–Crippen MR) is 94.9 cm³/mol. The van der Waals surface area contributed by atoms with Gasteiger partial charge in [-0.3, -0.25) is 0 Å². The Labute approximate surface area is 159 Å². The minimum absolute atomic E-state index is 0.0967. The minimum Gasteiger partial charge on any atom is -0.458 e. The quantitative estimate of drug-likeness (QED) is 0.555. The van der Waals surface area contributed by atoms with Crippen molar-refractivity contribution in [2.24, 2.45) is 23.2 Å². The van der Waals surface area contributed by atoms with Crippen molar-refractivity contribution in [3.05, 3.63) is 23.8 Å². The molecule has 2 N–H and O–H groups in total. The Balaban J connectivity index is 1.97. The Bertz CT molecular complexity index is 684. The van der Waals surface area contributed by atoms with Gasteiger partial charge in [-0.05, 0) is 32.6 Å². The highest BCUT2D eigenvalue weighted by Gasteiger charge is 2.60. The Morgan fingerprint density at radius 1 is 1.41 bits per heavy atom. The molecule has 2 heterocycles. The second kappa shape index (κ2) is 7.04. The van der Waals surface area contributed by atoms with E-state index in [1.165, 1.54) is 0 Å². The number of esters is 2. The fourth-order valence-corrected chi connectivity index (χ4v) is 4.88. The van der Waals surface area contributed by atoms with E-state index in [1.807, 2.05) is 13.8 Å². The van der Waals surface area contributed by atoms with Crippen LogP contribution in [0.1, 0.15) is 40.5 Å². The summed E-state index contributed by atoms with van der Waals surface area (Å²) in [5, 5.41) is 21.1. The van der Waals surface area contributed by atoms with Crippen molar-refractivity contribution >= 4 is 11.9 Å². The highest BCUT2D eigenvalue weighted by atomic mass is 16.7. The van der Waals surface area contributed by atoms with Crippen molar-refractivity contribution in [1.29, 1.82) is 0 Å². The molecule has 3 rings (SSSR count). The summed E-state index contributed by atoms with van der Waals surface area (Å²) in [6.07, 6.45) is -1.40. The van der Waals surface area contributed by atoms with Gasteiger partial charge < -0.3 is 24.4 Å². The normalized spacial score (nSPS) is 44.8. The maximum atomic E-state index is 12.3. The number of carbonyl (C=O) groups is 2. The molecule has 0 aromatic carbocycles. The first-order chi connectivity index (χ1) is 12.6. The van der Waals surface area contributed by atoms with Crippen molar-refractivity contribution in [2.45, 2.75) is 65.3 Å². The zero-order valence-corrected chi connectivity index (χ0v) is 16.2. The second-order valence-corrected chi connectivity index (χ2v) is 8.24. The van der Waals surface area contributed by atoms with Crippen LogP contribution in [-0.2, 0) is 23.8 Å². The first-order valence-electron chi connectivity index (χ1n) is 9.35. The van der Waals surface area contributed by atoms with Gasteiger partial charge in [0, 0.05) is 28.4 Å². The van der Waals surface area contributed by atoms with Crippen LogP contribution in [0.3, 0.4) is 0 Å². The lowest BCUT2D eigenvalue weighted by atomic mass is 9.64.